The molecule has 0 saturated heterocycles. The standard InChI is InChI=1S/C22H23ClN2O2S/c1-22(2,3)24-20-17-8-4-6-14-7-5-9-18(19(14)17)21(20)25-28(26,27)16-12-10-15(23)11-13-16/h4-13,20-21,24-25H,1-3H3/t20-,21-/m0/s1. The van der Waals surface area contributed by atoms with E-state index in [1.807, 2.05) is 18.2 Å². The fraction of sp³-hybridized carbons (Fsp3) is 0.273. The van der Waals surface area contributed by atoms with E-state index < -0.39 is 16.1 Å². The first-order valence-electron chi connectivity index (χ1n) is 9.23. The Kier molecular flexibility index (Phi) is 4.74. The maximum absolute atomic E-state index is 13.1. The molecule has 0 aliphatic heterocycles. The molecule has 0 radical (unpaired) electrons. The molecule has 6 heteroatoms. The van der Waals surface area contributed by atoms with Crippen molar-refractivity contribution in [3.05, 3.63) is 76.8 Å². The molecule has 146 valence electrons. The highest BCUT2D eigenvalue weighted by Gasteiger charge is 2.38. The minimum Gasteiger partial charge on any atom is -0.304 e. The van der Waals surface area contributed by atoms with Crippen LogP contribution in [-0.4, -0.2) is 14.0 Å². The van der Waals surface area contributed by atoms with Crippen molar-refractivity contribution in [2.24, 2.45) is 0 Å². The van der Waals surface area contributed by atoms with Gasteiger partial charge in [0, 0.05) is 10.6 Å². The van der Waals surface area contributed by atoms with E-state index in [1.54, 1.807) is 12.1 Å². The van der Waals surface area contributed by atoms with Crippen molar-refractivity contribution in [2.75, 3.05) is 0 Å². The Morgan fingerprint density at radius 1 is 0.857 bits per heavy atom. The highest BCUT2D eigenvalue weighted by molar-refractivity contribution is 7.89. The lowest BCUT2D eigenvalue weighted by atomic mass is 10.0. The molecule has 0 spiro atoms. The molecule has 4 rings (SSSR count). The molecule has 28 heavy (non-hydrogen) atoms. The first-order valence-corrected chi connectivity index (χ1v) is 11.1. The maximum Gasteiger partial charge on any atom is 0.241 e. The van der Waals surface area contributed by atoms with E-state index in [-0.39, 0.29) is 16.5 Å². The first kappa shape index (κ1) is 19.4. The van der Waals surface area contributed by atoms with Crippen LogP contribution in [-0.2, 0) is 10.0 Å². The average Bonchev–Trinajstić information content (AvgIpc) is 2.89. The summed E-state index contributed by atoms with van der Waals surface area (Å²) in [6, 6.07) is 17.9. The first-order chi connectivity index (χ1) is 13.2. The molecule has 3 aromatic rings. The molecule has 2 N–H and O–H groups in total. The summed E-state index contributed by atoms with van der Waals surface area (Å²) >= 11 is 5.92. The summed E-state index contributed by atoms with van der Waals surface area (Å²) in [7, 11) is -3.71. The van der Waals surface area contributed by atoms with Crippen molar-refractivity contribution in [3.63, 3.8) is 0 Å². The topological polar surface area (TPSA) is 58.2 Å². The quantitative estimate of drug-likeness (QED) is 0.634. The monoisotopic (exact) mass is 414 g/mol. The largest absolute Gasteiger partial charge is 0.304 e. The van der Waals surface area contributed by atoms with Crippen molar-refractivity contribution in [1.29, 1.82) is 0 Å². The van der Waals surface area contributed by atoms with E-state index in [2.05, 4.69) is 49.0 Å². The van der Waals surface area contributed by atoms with Crippen molar-refractivity contribution in [1.82, 2.24) is 10.0 Å². The van der Waals surface area contributed by atoms with Crippen molar-refractivity contribution in [2.45, 2.75) is 43.3 Å². The van der Waals surface area contributed by atoms with Gasteiger partial charge in [-0.2, -0.15) is 0 Å². The number of sulfonamides is 1. The van der Waals surface area contributed by atoms with Crippen LogP contribution in [0.15, 0.2) is 65.6 Å². The Morgan fingerprint density at radius 3 is 2.00 bits per heavy atom. The Balaban J connectivity index is 1.80. The molecular formula is C22H23ClN2O2S. The Labute approximate surface area is 171 Å². The number of rotatable bonds is 4. The van der Waals surface area contributed by atoms with Crippen LogP contribution in [0.5, 0.6) is 0 Å². The van der Waals surface area contributed by atoms with Gasteiger partial charge in [-0.3, -0.25) is 0 Å². The summed E-state index contributed by atoms with van der Waals surface area (Å²) in [5.41, 5.74) is 1.93. The molecule has 3 aromatic carbocycles. The molecule has 0 bridgehead atoms. The smallest absolute Gasteiger partial charge is 0.241 e. The second-order valence-corrected chi connectivity index (χ2v) is 10.4. The van der Waals surface area contributed by atoms with Crippen molar-refractivity contribution < 1.29 is 8.42 Å². The lowest BCUT2D eigenvalue weighted by molar-refractivity contribution is 0.327. The van der Waals surface area contributed by atoms with Crippen LogP contribution in [0.4, 0.5) is 0 Å². The van der Waals surface area contributed by atoms with Crippen LogP contribution in [0, 0.1) is 0 Å². The summed E-state index contributed by atoms with van der Waals surface area (Å²) in [4.78, 5) is 0.203. The predicted molar refractivity (Wildman–Crippen MR) is 114 cm³/mol. The van der Waals surface area contributed by atoms with Gasteiger partial charge in [0.15, 0.2) is 0 Å². The Hall–Kier alpha value is -1.92. The second kappa shape index (κ2) is 6.85. The van der Waals surface area contributed by atoms with Crippen LogP contribution in [0.1, 0.15) is 44.0 Å². The molecule has 0 aromatic heterocycles. The molecule has 0 fully saturated rings. The normalized spacial score (nSPS) is 19.3. The molecule has 0 heterocycles. The van der Waals surface area contributed by atoms with Gasteiger partial charge in [-0.25, -0.2) is 13.1 Å². The zero-order valence-corrected chi connectivity index (χ0v) is 17.6. The van der Waals surface area contributed by atoms with Gasteiger partial charge >= 0.3 is 0 Å². The van der Waals surface area contributed by atoms with Gasteiger partial charge < -0.3 is 5.32 Å². The third-order valence-electron chi connectivity index (χ3n) is 4.97. The Morgan fingerprint density at radius 2 is 1.43 bits per heavy atom. The molecular weight excluding hydrogens is 392 g/mol. The number of hydrogen-bond donors (Lipinski definition) is 2. The fourth-order valence-corrected chi connectivity index (χ4v) is 5.24. The lowest BCUT2D eigenvalue weighted by Gasteiger charge is -2.31. The highest BCUT2D eigenvalue weighted by atomic mass is 35.5. The summed E-state index contributed by atoms with van der Waals surface area (Å²) in [5.74, 6) is 0. The zero-order valence-electron chi connectivity index (χ0n) is 16.0. The number of nitrogens with one attached hydrogen (secondary N) is 2. The van der Waals surface area contributed by atoms with E-state index in [0.717, 1.165) is 21.9 Å². The third-order valence-corrected chi connectivity index (χ3v) is 6.68. The van der Waals surface area contributed by atoms with E-state index in [9.17, 15) is 8.42 Å². The van der Waals surface area contributed by atoms with Gasteiger partial charge in [0.2, 0.25) is 10.0 Å². The number of hydrogen-bond acceptors (Lipinski definition) is 3. The molecule has 2 atom stereocenters. The van der Waals surface area contributed by atoms with Gasteiger partial charge in [0.25, 0.3) is 0 Å². The third kappa shape index (κ3) is 3.55. The summed E-state index contributed by atoms with van der Waals surface area (Å²) in [5, 5.41) is 6.35. The molecule has 0 amide bonds. The maximum atomic E-state index is 13.1. The highest BCUT2D eigenvalue weighted by Crippen LogP contribution is 2.45. The summed E-state index contributed by atoms with van der Waals surface area (Å²) < 4.78 is 29.1. The van der Waals surface area contributed by atoms with E-state index in [1.165, 1.54) is 12.1 Å². The van der Waals surface area contributed by atoms with Gasteiger partial charge in [-0.1, -0.05) is 48.0 Å². The van der Waals surface area contributed by atoms with Crippen molar-refractivity contribution >= 4 is 32.4 Å². The fourth-order valence-electron chi connectivity index (χ4n) is 3.89. The van der Waals surface area contributed by atoms with Crippen LogP contribution in [0.25, 0.3) is 10.8 Å². The Bertz CT molecular complexity index is 1130. The molecule has 0 saturated carbocycles. The molecule has 1 aliphatic rings. The van der Waals surface area contributed by atoms with Crippen LogP contribution in [0.3, 0.4) is 0 Å². The SMILES string of the molecule is CC(C)(C)N[C@H]1c2cccc3cccc(c23)[C@@H]1NS(=O)(=O)c1ccc(Cl)cc1. The van der Waals surface area contributed by atoms with E-state index in [4.69, 9.17) is 11.6 Å². The van der Waals surface area contributed by atoms with Gasteiger partial charge in [-0.05, 0) is 66.9 Å². The predicted octanol–water partition coefficient (Wildman–Crippen LogP) is 4.96. The lowest BCUT2D eigenvalue weighted by Crippen LogP contribution is -2.44. The second-order valence-electron chi connectivity index (χ2n) is 8.22. The molecule has 0 unspecified atom stereocenters. The average molecular weight is 415 g/mol. The number of benzene rings is 3. The van der Waals surface area contributed by atoms with Crippen molar-refractivity contribution in [3.8, 4) is 0 Å². The minimum absolute atomic E-state index is 0.164. The van der Waals surface area contributed by atoms with Gasteiger partial charge in [0.1, 0.15) is 0 Å². The summed E-state index contributed by atoms with van der Waals surface area (Å²) in [6.07, 6.45) is 0. The van der Waals surface area contributed by atoms with Crippen LogP contribution in [0.2, 0.25) is 5.02 Å². The zero-order chi connectivity index (χ0) is 20.1. The van der Waals surface area contributed by atoms with Gasteiger partial charge in [0.05, 0.1) is 17.0 Å². The number of halogens is 1. The summed E-state index contributed by atoms with van der Waals surface area (Å²) in [6.45, 7) is 6.25. The van der Waals surface area contributed by atoms with Gasteiger partial charge in [-0.15, -0.1) is 0 Å². The molecule has 4 nitrogen and oxygen atoms in total. The minimum atomic E-state index is -3.71. The van der Waals surface area contributed by atoms with Crippen LogP contribution >= 0.6 is 11.6 Å². The van der Waals surface area contributed by atoms with Crippen LogP contribution < -0.4 is 10.0 Å². The van der Waals surface area contributed by atoms with E-state index >= 15 is 0 Å². The van der Waals surface area contributed by atoms with E-state index in [0.29, 0.717) is 5.02 Å². The molecule has 1 aliphatic carbocycles.